The lowest BCUT2D eigenvalue weighted by Crippen LogP contribution is -2.26. The van der Waals surface area contributed by atoms with Gasteiger partial charge in [-0.25, -0.2) is 4.98 Å². The van der Waals surface area contributed by atoms with E-state index in [1.165, 1.54) is 0 Å². The van der Waals surface area contributed by atoms with E-state index in [0.717, 1.165) is 34.3 Å². The van der Waals surface area contributed by atoms with Crippen LogP contribution in [-0.2, 0) is 4.74 Å². The fourth-order valence-corrected chi connectivity index (χ4v) is 3.11. The van der Waals surface area contributed by atoms with Crippen molar-refractivity contribution >= 4 is 16.8 Å². The number of aromatic nitrogens is 1. The molecule has 0 saturated carbocycles. The van der Waals surface area contributed by atoms with Gasteiger partial charge >= 0.3 is 0 Å². The van der Waals surface area contributed by atoms with E-state index in [9.17, 15) is 4.79 Å². The molecule has 29 heavy (non-hydrogen) atoms. The maximum Gasteiger partial charge on any atom is 0.252 e. The highest BCUT2D eigenvalue weighted by atomic mass is 16.5. The van der Waals surface area contributed by atoms with Crippen LogP contribution in [-0.4, -0.2) is 36.8 Å². The number of hydrogen-bond acceptors (Lipinski definition) is 4. The highest BCUT2D eigenvalue weighted by Gasteiger charge is 2.14. The topological polar surface area (TPSA) is 60.5 Å². The van der Waals surface area contributed by atoms with Gasteiger partial charge in [0.2, 0.25) is 0 Å². The number of para-hydroxylation sites is 1. The van der Waals surface area contributed by atoms with Crippen LogP contribution < -0.4 is 10.1 Å². The Kier molecular flexibility index (Phi) is 7.19. The number of amides is 1. The molecule has 3 rings (SSSR count). The fraction of sp³-hybridized carbons (Fsp3) is 0.333. The Morgan fingerprint density at radius 3 is 2.72 bits per heavy atom. The SMILES string of the molecule is CCOc1cccc(-c2cc(C(=O)NCCCOC(C)C)c3ccccc3n2)c1. The molecule has 1 N–H and O–H groups in total. The summed E-state index contributed by atoms with van der Waals surface area (Å²) >= 11 is 0. The molecule has 1 amide bonds. The monoisotopic (exact) mass is 392 g/mol. The van der Waals surface area contributed by atoms with Gasteiger partial charge in [0.05, 0.1) is 29.5 Å². The highest BCUT2D eigenvalue weighted by Crippen LogP contribution is 2.27. The normalized spacial score (nSPS) is 11.0. The fourth-order valence-electron chi connectivity index (χ4n) is 3.11. The molecule has 0 atom stereocenters. The number of carbonyl (C=O) groups is 1. The molecule has 5 nitrogen and oxygen atoms in total. The number of pyridine rings is 1. The Bertz CT molecular complexity index is 969. The molecule has 2 aromatic carbocycles. The van der Waals surface area contributed by atoms with E-state index >= 15 is 0 Å². The largest absolute Gasteiger partial charge is 0.494 e. The van der Waals surface area contributed by atoms with Gasteiger partial charge < -0.3 is 14.8 Å². The van der Waals surface area contributed by atoms with Crippen LogP contribution in [0.25, 0.3) is 22.2 Å². The first-order chi connectivity index (χ1) is 14.1. The van der Waals surface area contributed by atoms with Gasteiger partial charge in [0, 0.05) is 24.1 Å². The van der Waals surface area contributed by atoms with Gasteiger partial charge in [-0.3, -0.25) is 4.79 Å². The second-order valence-corrected chi connectivity index (χ2v) is 7.06. The number of nitrogens with zero attached hydrogens (tertiary/aromatic N) is 1. The molecule has 0 saturated heterocycles. The molecule has 0 unspecified atom stereocenters. The lowest BCUT2D eigenvalue weighted by molar-refractivity contribution is 0.0757. The Labute approximate surface area is 172 Å². The van der Waals surface area contributed by atoms with E-state index in [1.807, 2.05) is 75.4 Å². The van der Waals surface area contributed by atoms with Crippen molar-refractivity contribution in [2.24, 2.45) is 0 Å². The van der Waals surface area contributed by atoms with Crippen molar-refractivity contribution in [3.8, 4) is 17.0 Å². The van der Waals surface area contributed by atoms with E-state index in [2.05, 4.69) is 5.32 Å². The first kappa shape index (κ1) is 20.8. The molecule has 152 valence electrons. The Hall–Kier alpha value is -2.92. The first-order valence-electron chi connectivity index (χ1n) is 10.1. The molecule has 5 heteroatoms. The zero-order valence-electron chi connectivity index (χ0n) is 17.3. The zero-order chi connectivity index (χ0) is 20.6. The Morgan fingerprint density at radius 1 is 1.10 bits per heavy atom. The number of ether oxygens (including phenoxy) is 2. The van der Waals surface area contributed by atoms with Crippen LogP contribution >= 0.6 is 0 Å². The summed E-state index contributed by atoms with van der Waals surface area (Å²) in [4.78, 5) is 17.7. The van der Waals surface area contributed by atoms with E-state index in [1.54, 1.807) is 0 Å². The summed E-state index contributed by atoms with van der Waals surface area (Å²) in [6.07, 6.45) is 0.973. The Morgan fingerprint density at radius 2 is 1.93 bits per heavy atom. The molecule has 3 aromatic rings. The van der Waals surface area contributed by atoms with Gasteiger partial charge in [-0.05, 0) is 51.5 Å². The third-order valence-electron chi connectivity index (χ3n) is 4.46. The summed E-state index contributed by atoms with van der Waals surface area (Å²) < 4.78 is 11.1. The third-order valence-corrected chi connectivity index (χ3v) is 4.46. The maximum atomic E-state index is 12.9. The van der Waals surface area contributed by atoms with E-state index < -0.39 is 0 Å². The summed E-state index contributed by atoms with van der Waals surface area (Å²) in [5, 5.41) is 3.84. The van der Waals surface area contributed by atoms with E-state index in [-0.39, 0.29) is 12.0 Å². The molecule has 1 heterocycles. The van der Waals surface area contributed by atoms with Gasteiger partial charge in [0.25, 0.3) is 5.91 Å². The van der Waals surface area contributed by atoms with Crippen molar-refractivity contribution in [3.05, 3.63) is 60.2 Å². The lowest BCUT2D eigenvalue weighted by Gasteiger charge is -2.12. The van der Waals surface area contributed by atoms with E-state index in [0.29, 0.717) is 25.3 Å². The van der Waals surface area contributed by atoms with Crippen LogP contribution in [0, 0.1) is 0 Å². The van der Waals surface area contributed by atoms with Crippen molar-refractivity contribution in [3.63, 3.8) is 0 Å². The summed E-state index contributed by atoms with van der Waals surface area (Å²) in [6, 6.07) is 17.3. The van der Waals surface area contributed by atoms with Crippen molar-refractivity contribution in [1.29, 1.82) is 0 Å². The number of rotatable bonds is 9. The average Bonchev–Trinajstić information content (AvgIpc) is 2.73. The quantitative estimate of drug-likeness (QED) is 0.529. The zero-order valence-corrected chi connectivity index (χ0v) is 17.3. The van der Waals surface area contributed by atoms with Crippen LogP contribution in [0.2, 0.25) is 0 Å². The van der Waals surface area contributed by atoms with Crippen LogP contribution in [0.3, 0.4) is 0 Å². The first-order valence-corrected chi connectivity index (χ1v) is 10.1. The van der Waals surface area contributed by atoms with Gasteiger partial charge in [-0.2, -0.15) is 0 Å². The van der Waals surface area contributed by atoms with Gasteiger partial charge in [-0.15, -0.1) is 0 Å². The second kappa shape index (κ2) is 10.0. The summed E-state index contributed by atoms with van der Waals surface area (Å²) in [5.41, 5.74) is 3.08. The predicted octanol–water partition coefficient (Wildman–Crippen LogP) is 4.85. The number of nitrogens with one attached hydrogen (secondary N) is 1. The molecule has 0 aliphatic heterocycles. The second-order valence-electron chi connectivity index (χ2n) is 7.06. The van der Waals surface area contributed by atoms with Crippen LogP contribution in [0.1, 0.15) is 37.6 Å². The summed E-state index contributed by atoms with van der Waals surface area (Å²) in [7, 11) is 0. The molecule has 0 fully saturated rings. The van der Waals surface area contributed by atoms with Crippen molar-refractivity contribution < 1.29 is 14.3 Å². The molecule has 0 aliphatic carbocycles. The molecule has 0 spiro atoms. The van der Waals surface area contributed by atoms with Crippen LogP contribution in [0.15, 0.2) is 54.6 Å². The summed E-state index contributed by atoms with van der Waals surface area (Å²) in [5.74, 6) is 0.687. The predicted molar refractivity (Wildman–Crippen MR) is 116 cm³/mol. The smallest absolute Gasteiger partial charge is 0.252 e. The van der Waals surface area contributed by atoms with Crippen molar-refractivity contribution in [1.82, 2.24) is 10.3 Å². The lowest BCUT2D eigenvalue weighted by atomic mass is 10.0. The minimum Gasteiger partial charge on any atom is -0.494 e. The minimum absolute atomic E-state index is 0.102. The number of fused-ring (bicyclic) bond motifs is 1. The minimum atomic E-state index is -0.102. The third kappa shape index (κ3) is 5.55. The standard InChI is InChI=1S/C24H28N2O3/c1-4-28-19-10-7-9-18(15-19)23-16-21(20-11-5-6-12-22(20)26-23)24(27)25-13-8-14-29-17(2)3/h5-7,9-12,15-17H,4,8,13-14H2,1-3H3,(H,25,27). The average molecular weight is 392 g/mol. The Balaban J connectivity index is 1.86. The van der Waals surface area contributed by atoms with E-state index in [4.69, 9.17) is 14.5 Å². The molecule has 0 aliphatic rings. The van der Waals surface area contributed by atoms with Crippen LogP contribution in [0.4, 0.5) is 0 Å². The van der Waals surface area contributed by atoms with Crippen molar-refractivity contribution in [2.75, 3.05) is 19.8 Å². The van der Waals surface area contributed by atoms with Gasteiger partial charge in [0.15, 0.2) is 0 Å². The highest BCUT2D eigenvalue weighted by molar-refractivity contribution is 6.07. The summed E-state index contributed by atoms with van der Waals surface area (Å²) in [6.45, 7) is 7.76. The molecule has 0 bridgehead atoms. The molecular weight excluding hydrogens is 364 g/mol. The number of carbonyl (C=O) groups excluding carboxylic acids is 1. The number of hydrogen-bond donors (Lipinski definition) is 1. The van der Waals surface area contributed by atoms with Crippen LogP contribution in [0.5, 0.6) is 5.75 Å². The molecular formula is C24H28N2O3. The van der Waals surface area contributed by atoms with Gasteiger partial charge in [-0.1, -0.05) is 30.3 Å². The maximum absolute atomic E-state index is 12.9. The van der Waals surface area contributed by atoms with Gasteiger partial charge in [0.1, 0.15) is 5.75 Å². The number of benzene rings is 2. The molecule has 0 radical (unpaired) electrons. The van der Waals surface area contributed by atoms with Crippen molar-refractivity contribution in [2.45, 2.75) is 33.3 Å². The molecule has 1 aromatic heterocycles.